The summed E-state index contributed by atoms with van der Waals surface area (Å²) in [4.78, 5) is 37.5. The summed E-state index contributed by atoms with van der Waals surface area (Å²) in [5.41, 5.74) is -1.16. The molecule has 0 aliphatic heterocycles. The summed E-state index contributed by atoms with van der Waals surface area (Å²) in [5.74, 6) is -0.965. The highest BCUT2D eigenvalue weighted by Crippen LogP contribution is 2.42. The number of benzene rings is 1. The van der Waals surface area contributed by atoms with Crippen molar-refractivity contribution in [1.29, 1.82) is 0 Å². The number of carbonyl (C=O) groups is 1. The fourth-order valence-corrected chi connectivity index (χ4v) is 4.38. The predicted molar refractivity (Wildman–Crippen MR) is 106 cm³/mol. The minimum absolute atomic E-state index is 0.0402. The molecule has 0 unspecified atom stereocenters. The second kappa shape index (κ2) is 6.75. The highest BCUT2D eigenvalue weighted by atomic mass is 35.5. The molecule has 1 aliphatic rings. The molecule has 1 aliphatic carbocycles. The van der Waals surface area contributed by atoms with Gasteiger partial charge in [0.05, 0.1) is 26.0 Å². The molecular formula is C17H17Cl2N3O5S. The molecule has 1 amide bonds. The summed E-state index contributed by atoms with van der Waals surface area (Å²) in [6, 6.07) is 3.55. The van der Waals surface area contributed by atoms with Crippen molar-refractivity contribution >= 4 is 39.1 Å². The van der Waals surface area contributed by atoms with Gasteiger partial charge in [-0.05, 0) is 38.8 Å². The van der Waals surface area contributed by atoms with Crippen LogP contribution in [0.1, 0.15) is 35.8 Å². The number of carbonyl (C=O) groups excluding carboxylic acids is 1. The summed E-state index contributed by atoms with van der Waals surface area (Å²) < 4.78 is 27.7. The van der Waals surface area contributed by atoms with Crippen LogP contribution < -0.4 is 16.0 Å². The molecule has 3 rings (SSSR count). The lowest BCUT2D eigenvalue weighted by Gasteiger charge is -2.15. The standard InChI is InChI=1S/C17H17Cl2N3O5S/c1-9-6-14(23)22(16(25)21(9)3)13-7-10(11(18)8-12(13)19)15(24)20-28(26,27)17(2)4-5-17/h6-8H,4-5H2,1-3H3,(H,20,24). The van der Waals surface area contributed by atoms with Gasteiger partial charge in [0.2, 0.25) is 10.0 Å². The van der Waals surface area contributed by atoms with Crippen LogP contribution in [0.3, 0.4) is 0 Å². The molecule has 0 bridgehead atoms. The quantitative estimate of drug-likeness (QED) is 0.771. The number of nitrogens with zero attached hydrogens (tertiary/aromatic N) is 2. The van der Waals surface area contributed by atoms with Crippen LogP contribution >= 0.6 is 23.2 Å². The third-order valence-electron chi connectivity index (χ3n) is 4.91. The summed E-state index contributed by atoms with van der Waals surface area (Å²) in [7, 11) is -2.41. The van der Waals surface area contributed by atoms with Gasteiger partial charge in [0.15, 0.2) is 0 Å². The number of nitrogens with one attached hydrogen (secondary N) is 1. The van der Waals surface area contributed by atoms with Gasteiger partial charge in [-0.1, -0.05) is 23.2 Å². The van der Waals surface area contributed by atoms with Crippen LogP contribution in [-0.4, -0.2) is 28.2 Å². The van der Waals surface area contributed by atoms with Crippen LogP contribution in [0.25, 0.3) is 5.69 Å². The minimum atomic E-state index is -3.89. The van der Waals surface area contributed by atoms with Gasteiger partial charge < -0.3 is 4.57 Å². The highest BCUT2D eigenvalue weighted by molar-refractivity contribution is 7.91. The van der Waals surface area contributed by atoms with E-state index in [1.807, 2.05) is 4.72 Å². The second-order valence-electron chi connectivity index (χ2n) is 6.97. The molecule has 0 saturated heterocycles. The lowest BCUT2D eigenvalue weighted by atomic mass is 10.2. The van der Waals surface area contributed by atoms with Gasteiger partial charge in [0, 0.05) is 18.8 Å². The van der Waals surface area contributed by atoms with E-state index in [2.05, 4.69) is 0 Å². The molecule has 1 aromatic heterocycles. The molecule has 8 nitrogen and oxygen atoms in total. The zero-order valence-corrected chi connectivity index (χ0v) is 17.6. The Kier molecular flexibility index (Phi) is 4.97. The number of aryl methyl sites for hydroxylation is 1. The van der Waals surface area contributed by atoms with Crippen LogP contribution in [0.2, 0.25) is 10.0 Å². The summed E-state index contributed by atoms with van der Waals surface area (Å²) in [6.45, 7) is 3.13. The van der Waals surface area contributed by atoms with Gasteiger partial charge in [0.25, 0.3) is 11.5 Å². The van der Waals surface area contributed by atoms with Gasteiger partial charge in [-0.2, -0.15) is 0 Å². The molecule has 28 heavy (non-hydrogen) atoms. The average molecular weight is 446 g/mol. The van der Waals surface area contributed by atoms with E-state index in [1.54, 1.807) is 6.92 Å². The van der Waals surface area contributed by atoms with Gasteiger partial charge in [-0.15, -0.1) is 0 Å². The number of halogens is 2. The van der Waals surface area contributed by atoms with Gasteiger partial charge in [-0.25, -0.2) is 22.5 Å². The number of sulfonamides is 1. The zero-order valence-electron chi connectivity index (χ0n) is 15.2. The molecular weight excluding hydrogens is 429 g/mol. The van der Waals surface area contributed by atoms with Crippen LogP contribution in [0, 0.1) is 6.92 Å². The van der Waals surface area contributed by atoms with Crippen molar-refractivity contribution in [2.75, 3.05) is 0 Å². The van der Waals surface area contributed by atoms with Crippen molar-refractivity contribution in [3.63, 3.8) is 0 Å². The number of hydrogen-bond acceptors (Lipinski definition) is 5. The van der Waals surface area contributed by atoms with Crippen LogP contribution in [0.4, 0.5) is 0 Å². The Balaban J connectivity index is 2.13. The Morgan fingerprint density at radius 2 is 1.75 bits per heavy atom. The topological polar surface area (TPSA) is 107 Å². The fourth-order valence-electron chi connectivity index (χ4n) is 2.58. The van der Waals surface area contributed by atoms with Crippen molar-refractivity contribution in [1.82, 2.24) is 13.9 Å². The summed E-state index contributed by atoms with van der Waals surface area (Å²) in [5, 5.41) is -0.152. The molecule has 150 valence electrons. The monoisotopic (exact) mass is 445 g/mol. The molecule has 1 N–H and O–H groups in total. The van der Waals surface area contributed by atoms with Crippen molar-refractivity contribution in [2.24, 2.45) is 7.05 Å². The average Bonchev–Trinajstić information content (AvgIpc) is 3.33. The Labute approximate surface area is 170 Å². The second-order valence-corrected chi connectivity index (χ2v) is 9.98. The maximum atomic E-state index is 12.6. The summed E-state index contributed by atoms with van der Waals surface area (Å²) in [6.07, 6.45) is 0.897. The molecule has 1 fully saturated rings. The van der Waals surface area contributed by atoms with E-state index < -0.39 is 31.9 Å². The number of amides is 1. The first-order valence-corrected chi connectivity index (χ1v) is 10.5. The van der Waals surface area contributed by atoms with Gasteiger partial charge >= 0.3 is 5.69 Å². The molecule has 0 atom stereocenters. The fraction of sp³-hybridized carbons (Fsp3) is 0.353. The molecule has 0 radical (unpaired) electrons. The molecule has 1 aromatic carbocycles. The van der Waals surface area contributed by atoms with Crippen molar-refractivity contribution < 1.29 is 13.2 Å². The largest absolute Gasteiger partial charge is 0.335 e. The van der Waals surface area contributed by atoms with Crippen LogP contribution in [0.5, 0.6) is 0 Å². The first kappa shape index (κ1) is 20.6. The molecule has 2 aromatic rings. The third-order valence-corrected chi connectivity index (χ3v) is 7.69. The first-order valence-electron chi connectivity index (χ1n) is 8.24. The Hall–Kier alpha value is -2.10. The maximum absolute atomic E-state index is 12.6. The van der Waals surface area contributed by atoms with E-state index in [0.717, 1.165) is 10.6 Å². The lowest BCUT2D eigenvalue weighted by molar-refractivity contribution is 0.0981. The van der Waals surface area contributed by atoms with E-state index in [-0.39, 0.29) is 21.3 Å². The lowest BCUT2D eigenvalue weighted by Crippen LogP contribution is -2.39. The summed E-state index contributed by atoms with van der Waals surface area (Å²) >= 11 is 12.2. The Morgan fingerprint density at radius 1 is 1.14 bits per heavy atom. The van der Waals surface area contributed by atoms with Crippen LogP contribution in [-0.2, 0) is 17.1 Å². The minimum Gasteiger partial charge on any atom is -0.301 e. The number of rotatable bonds is 4. The van der Waals surface area contributed by atoms with Crippen molar-refractivity contribution in [3.8, 4) is 5.69 Å². The van der Waals surface area contributed by atoms with E-state index in [0.29, 0.717) is 18.5 Å². The van der Waals surface area contributed by atoms with Crippen molar-refractivity contribution in [2.45, 2.75) is 31.4 Å². The molecule has 1 saturated carbocycles. The SMILES string of the molecule is Cc1cc(=O)n(-c2cc(C(=O)NS(=O)(=O)C3(C)CC3)c(Cl)cc2Cl)c(=O)n1C. The zero-order chi connectivity index (χ0) is 21.0. The van der Waals surface area contributed by atoms with E-state index in [4.69, 9.17) is 23.2 Å². The maximum Gasteiger partial charge on any atom is 0.335 e. The predicted octanol–water partition coefficient (Wildman–Crippen LogP) is 1.76. The smallest absolute Gasteiger partial charge is 0.301 e. The highest BCUT2D eigenvalue weighted by Gasteiger charge is 2.51. The van der Waals surface area contributed by atoms with Gasteiger partial charge in [-0.3, -0.25) is 9.59 Å². The Morgan fingerprint density at radius 3 is 2.32 bits per heavy atom. The van der Waals surface area contributed by atoms with E-state index >= 15 is 0 Å². The third kappa shape index (κ3) is 3.38. The van der Waals surface area contributed by atoms with Crippen LogP contribution in [0.15, 0.2) is 27.8 Å². The van der Waals surface area contributed by atoms with E-state index in [1.165, 1.54) is 30.7 Å². The van der Waals surface area contributed by atoms with Gasteiger partial charge in [0.1, 0.15) is 0 Å². The number of hydrogen-bond donors (Lipinski definition) is 1. The number of aromatic nitrogens is 2. The molecule has 1 heterocycles. The van der Waals surface area contributed by atoms with Crippen molar-refractivity contribution in [3.05, 3.63) is 60.3 Å². The first-order chi connectivity index (χ1) is 12.9. The molecule has 11 heteroatoms. The van der Waals surface area contributed by atoms with E-state index in [9.17, 15) is 22.8 Å². The molecule has 0 spiro atoms. The normalized spacial score (nSPS) is 15.3. The Bertz CT molecular complexity index is 1230.